The highest BCUT2D eigenvalue weighted by Crippen LogP contribution is 2.33. The van der Waals surface area contributed by atoms with Gasteiger partial charge in [-0.2, -0.15) is 0 Å². The fourth-order valence-electron chi connectivity index (χ4n) is 1.74. The summed E-state index contributed by atoms with van der Waals surface area (Å²) < 4.78 is 0.957. The van der Waals surface area contributed by atoms with E-state index in [1.165, 1.54) is 6.42 Å². The summed E-state index contributed by atoms with van der Waals surface area (Å²) in [4.78, 5) is 13.0. The summed E-state index contributed by atoms with van der Waals surface area (Å²) in [5, 5.41) is 8.90. The average molecular weight is 270 g/mol. The van der Waals surface area contributed by atoms with Gasteiger partial charge in [0.25, 0.3) is 0 Å². The number of aromatic carboxylic acids is 1. The minimum Gasteiger partial charge on any atom is -0.478 e. The van der Waals surface area contributed by atoms with E-state index >= 15 is 0 Å². The van der Waals surface area contributed by atoms with Crippen LogP contribution in [-0.2, 0) is 0 Å². The van der Waals surface area contributed by atoms with Crippen LogP contribution in [0, 0.1) is 0 Å². The monoisotopic (exact) mass is 269 g/mol. The zero-order valence-electron chi connectivity index (χ0n) is 8.40. The van der Waals surface area contributed by atoms with Crippen LogP contribution in [0.15, 0.2) is 22.7 Å². The summed E-state index contributed by atoms with van der Waals surface area (Å²) in [7, 11) is 0. The number of nitrogens with zero attached hydrogens (tertiary/aromatic N) is 1. The molecule has 0 aromatic heterocycles. The van der Waals surface area contributed by atoms with E-state index in [1.807, 2.05) is 0 Å². The van der Waals surface area contributed by atoms with Gasteiger partial charge >= 0.3 is 5.97 Å². The molecule has 0 saturated carbocycles. The fraction of sp³-hybridized carbons (Fsp3) is 0.364. The molecular formula is C11H12BrNO2. The van der Waals surface area contributed by atoms with Crippen molar-refractivity contribution in [1.82, 2.24) is 0 Å². The Morgan fingerprint density at radius 3 is 2.80 bits per heavy atom. The molecule has 1 fully saturated rings. The molecule has 80 valence electrons. The molecule has 1 aliphatic heterocycles. The second-order valence-electron chi connectivity index (χ2n) is 3.80. The average Bonchev–Trinajstić information content (AvgIpc) is 2.18. The van der Waals surface area contributed by atoms with Gasteiger partial charge in [-0.15, -0.1) is 0 Å². The first-order valence-electron chi connectivity index (χ1n) is 4.89. The molecule has 0 amide bonds. The molecule has 0 bridgehead atoms. The largest absolute Gasteiger partial charge is 0.478 e. The van der Waals surface area contributed by atoms with Crippen molar-refractivity contribution in [2.45, 2.75) is 19.4 Å². The molecule has 1 atom stereocenters. The third-order valence-electron chi connectivity index (χ3n) is 2.82. The molecular weight excluding hydrogens is 258 g/mol. The molecule has 1 saturated heterocycles. The Bertz CT molecular complexity index is 406. The highest BCUT2D eigenvalue weighted by molar-refractivity contribution is 9.10. The Hall–Kier alpha value is -1.03. The predicted octanol–water partition coefficient (Wildman–Crippen LogP) is 2.75. The Labute approximate surface area is 96.8 Å². The third kappa shape index (κ3) is 1.86. The van der Waals surface area contributed by atoms with Crippen molar-refractivity contribution in [1.29, 1.82) is 0 Å². The molecule has 1 aromatic rings. The number of carboxylic acids is 1. The summed E-state index contributed by atoms with van der Waals surface area (Å²) >= 11 is 3.45. The molecule has 2 rings (SSSR count). The molecule has 1 heterocycles. The lowest BCUT2D eigenvalue weighted by atomic mass is 10.0. The van der Waals surface area contributed by atoms with Gasteiger partial charge in [0.15, 0.2) is 0 Å². The van der Waals surface area contributed by atoms with E-state index in [2.05, 4.69) is 27.8 Å². The van der Waals surface area contributed by atoms with Gasteiger partial charge in [-0.05, 0) is 47.5 Å². The first-order chi connectivity index (χ1) is 7.09. The first kappa shape index (κ1) is 10.5. The molecule has 0 radical (unpaired) electrons. The quantitative estimate of drug-likeness (QED) is 0.898. The van der Waals surface area contributed by atoms with Crippen molar-refractivity contribution < 1.29 is 9.90 Å². The number of hydrogen-bond donors (Lipinski definition) is 1. The van der Waals surface area contributed by atoms with Crippen LogP contribution in [-0.4, -0.2) is 23.7 Å². The zero-order chi connectivity index (χ0) is 11.0. The zero-order valence-corrected chi connectivity index (χ0v) is 9.99. The normalized spacial score (nSPS) is 19.9. The Kier molecular flexibility index (Phi) is 2.69. The molecule has 3 nitrogen and oxygen atoms in total. The lowest BCUT2D eigenvalue weighted by molar-refractivity contribution is 0.0697. The maximum atomic E-state index is 10.8. The summed E-state index contributed by atoms with van der Waals surface area (Å²) in [6.07, 6.45) is 1.17. The second kappa shape index (κ2) is 3.85. The van der Waals surface area contributed by atoms with Crippen molar-refractivity contribution in [2.75, 3.05) is 11.4 Å². The summed E-state index contributed by atoms with van der Waals surface area (Å²) in [5.41, 5.74) is 1.32. The molecule has 4 heteroatoms. The van der Waals surface area contributed by atoms with Gasteiger partial charge in [0.05, 0.1) is 11.3 Å². The molecule has 0 aliphatic carbocycles. The van der Waals surface area contributed by atoms with Crippen LogP contribution in [0.3, 0.4) is 0 Å². The van der Waals surface area contributed by atoms with Crippen molar-refractivity contribution in [3.05, 3.63) is 28.2 Å². The van der Waals surface area contributed by atoms with Crippen molar-refractivity contribution in [3.8, 4) is 0 Å². The molecule has 0 spiro atoms. The Balaban J connectivity index is 2.36. The highest BCUT2D eigenvalue weighted by atomic mass is 79.9. The van der Waals surface area contributed by atoms with Gasteiger partial charge in [0.2, 0.25) is 0 Å². The van der Waals surface area contributed by atoms with E-state index < -0.39 is 5.97 Å². The van der Waals surface area contributed by atoms with E-state index in [1.54, 1.807) is 18.2 Å². The summed E-state index contributed by atoms with van der Waals surface area (Å²) in [6.45, 7) is 3.15. The lowest BCUT2D eigenvalue weighted by Crippen LogP contribution is -2.45. The van der Waals surface area contributed by atoms with Gasteiger partial charge in [0.1, 0.15) is 0 Å². The van der Waals surface area contributed by atoms with E-state index in [0.717, 1.165) is 16.7 Å². The lowest BCUT2D eigenvalue weighted by Gasteiger charge is -2.41. The molecule has 15 heavy (non-hydrogen) atoms. The van der Waals surface area contributed by atoms with Gasteiger partial charge in [0, 0.05) is 17.1 Å². The van der Waals surface area contributed by atoms with Crippen LogP contribution in [0.4, 0.5) is 5.69 Å². The smallest absolute Gasteiger partial charge is 0.335 e. The number of carbonyl (C=O) groups is 1. The molecule has 1 unspecified atom stereocenters. The van der Waals surface area contributed by atoms with E-state index in [0.29, 0.717) is 11.6 Å². The number of hydrogen-bond acceptors (Lipinski definition) is 2. The Morgan fingerprint density at radius 1 is 1.60 bits per heavy atom. The third-order valence-corrected chi connectivity index (χ3v) is 3.49. The van der Waals surface area contributed by atoms with Gasteiger partial charge in [-0.25, -0.2) is 4.79 Å². The summed E-state index contributed by atoms with van der Waals surface area (Å²) in [5.74, 6) is -0.878. The number of benzene rings is 1. The number of anilines is 1. The minimum absolute atomic E-state index is 0.340. The SMILES string of the molecule is CC1CCN1c1cc(C(=O)O)ccc1Br. The van der Waals surface area contributed by atoms with E-state index in [9.17, 15) is 4.79 Å². The van der Waals surface area contributed by atoms with Crippen LogP contribution in [0.25, 0.3) is 0 Å². The highest BCUT2D eigenvalue weighted by Gasteiger charge is 2.25. The van der Waals surface area contributed by atoms with Crippen molar-refractivity contribution in [3.63, 3.8) is 0 Å². The van der Waals surface area contributed by atoms with Gasteiger partial charge in [-0.3, -0.25) is 0 Å². The predicted molar refractivity (Wildman–Crippen MR) is 62.5 cm³/mol. The maximum Gasteiger partial charge on any atom is 0.335 e. The van der Waals surface area contributed by atoms with Crippen LogP contribution in [0.2, 0.25) is 0 Å². The Morgan fingerprint density at radius 2 is 2.33 bits per heavy atom. The fourth-order valence-corrected chi connectivity index (χ4v) is 2.21. The molecule has 1 aromatic carbocycles. The maximum absolute atomic E-state index is 10.8. The minimum atomic E-state index is -0.878. The first-order valence-corrected chi connectivity index (χ1v) is 5.68. The summed E-state index contributed by atoms with van der Waals surface area (Å²) in [6, 6.07) is 5.64. The van der Waals surface area contributed by atoms with Crippen LogP contribution in [0.1, 0.15) is 23.7 Å². The van der Waals surface area contributed by atoms with E-state index in [4.69, 9.17) is 5.11 Å². The molecule has 1 aliphatic rings. The second-order valence-corrected chi connectivity index (χ2v) is 4.66. The standard InChI is InChI=1S/C11H12BrNO2/c1-7-4-5-13(7)10-6-8(11(14)15)2-3-9(10)12/h2-3,6-7H,4-5H2,1H3,(H,14,15). The van der Waals surface area contributed by atoms with Crippen molar-refractivity contribution >= 4 is 27.6 Å². The van der Waals surface area contributed by atoms with Gasteiger partial charge < -0.3 is 10.0 Å². The molecule has 1 N–H and O–H groups in total. The topological polar surface area (TPSA) is 40.5 Å². The van der Waals surface area contributed by atoms with E-state index in [-0.39, 0.29) is 0 Å². The number of carboxylic acid groups (broad SMARTS) is 1. The number of halogens is 1. The van der Waals surface area contributed by atoms with Crippen LogP contribution < -0.4 is 4.90 Å². The number of rotatable bonds is 2. The van der Waals surface area contributed by atoms with Crippen LogP contribution >= 0.6 is 15.9 Å². The van der Waals surface area contributed by atoms with Gasteiger partial charge in [-0.1, -0.05) is 0 Å². The van der Waals surface area contributed by atoms with Crippen molar-refractivity contribution in [2.24, 2.45) is 0 Å². The van der Waals surface area contributed by atoms with Crippen LogP contribution in [0.5, 0.6) is 0 Å².